The van der Waals surface area contributed by atoms with Gasteiger partial charge in [0.1, 0.15) is 28.9 Å². The van der Waals surface area contributed by atoms with Gasteiger partial charge in [0.2, 0.25) is 5.88 Å². The molecule has 0 amide bonds. The van der Waals surface area contributed by atoms with E-state index in [1.165, 1.54) is 18.7 Å². The first-order valence-electron chi connectivity index (χ1n) is 9.38. The number of rotatable bonds is 5. The molecule has 0 fully saturated rings. The Morgan fingerprint density at radius 2 is 1.66 bits per heavy atom. The van der Waals surface area contributed by atoms with Gasteiger partial charge in [0.05, 0.1) is 29.3 Å². The van der Waals surface area contributed by atoms with Crippen LogP contribution in [0, 0.1) is 11.3 Å². The van der Waals surface area contributed by atoms with Crippen LogP contribution >= 0.6 is 23.2 Å². The normalized spacial score (nSPS) is 11.3. The van der Waals surface area contributed by atoms with Crippen LogP contribution in [0.5, 0.6) is 0 Å². The number of nitrogens with zero attached hydrogens (tertiary/aromatic N) is 2. The highest BCUT2D eigenvalue weighted by Gasteiger charge is 2.26. The molecule has 0 N–H and O–H groups in total. The van der Waals surface area contributed by atoms with Crippen LogP contribution in [0.1, 0.15) is 11.3 Å². The van der Waals surface area contributed by atoms with Crippen molar-refractivity contribution in [2.75, 3.05) is 0 Å². The molecule has 8 heteroatoms. The van der Waals surface area contributed by atoms with Crippen molar-refractivity contribution in [1.82, 2.24) is 0 Å². The predicted octanol–water partition coefficient (Wildman–Crippen LogP) is 7.99. The highest BCUT2D eigenvalue weighted by molar-refractivity contribution is 6.35. The van der Waals surface area contributed by atoms with Crippen LogP contribution in [0.4, 0.5) is 5.88 Å². The van der Waals surface area contributed by atoms with Gasteiger partial charge in [-0.3, -0.25) is 0 Å². The van der Waals surface area contributed by atoms with E-state index < -0.39 is 0 Å². The Balaban J connectivity index is 1.54. The lowest BCUT2D eigenvalue weighted by molar-refractivity contribution is 0.527. The van der Waals surface area contributed by atoms with Gasteiger partial charge in [0, 0.05) is 10.6 Å². The highest BCUT2D eigenvalue weighted by Crippen LogP contribution is 2.43. The van der Waals surface area contributed by atoms with Gasteiger partial charge in [-0.2, -0.15) is 5.26 Å². The number of furan rings is 4. The van der Waals surface area contributed by atoms with Gasteiger partial charge < -0.3 is 17.7 Å². The predicted molar refractivity (Wildman–Crippen MR) is 120 cm³/mol. The lowest BCUT2D eigenvalue weighted by Crippen LogP contribution is -1.80. The second kappa shape index (κ2) is 8.31. The Labute approximate surface area is 191 Å². The van der Waals surface area contributed by atoms with Crippen LogP contribution in [-0.2, 0) is 0 Å². The minimum atomic E-state index is 0.101. The monoisotopic (exact) mass is 462 g/mol. The molecule has 5 rings (SSSR count). The minimum absolute atomic E-state index is 0.101. The zero-order valence-corrected chi connectivity index (χ0v) is 17.7. The van der Waals surface area contributed by atoms with Crippen LogP contribution < -0.4 is 0 Å². The Hall–Kier alpha value is -3.92. The minimum Gasteiger partial charge on any atom is -0.464 e. The van der Waals surface area contributed by atoms with E-state index in [1.54, 1.807) is 54.6 Å². The zero-order chi connectivity index (χ0) is 22.1. The Bertz CT molecular complexity index is 1450. The van der Waals surface area contributed by atoms with Gasteiger partial charge >= 0.3 is 0 Å². The first-order valence-corrected chi connectivity index (χ1v) is 10.1. The van der Waals surface area contributed by atoms with E-state index in [4.69, 9.17) is 40.9 Å². The molecular weight excluding hydrogens is 451 g/mol. The molecule has 1 aromatic carbocycles. The van der Waals surface area contributed by atoms with Crippen molar-refractivity contribution in [1.29, 1.82) is 5.26 Å². The van der Waals surface area contributed by atoms with E-state index in [1.807, 2.05) is 0 Å². The van der Waals surface area contributed by atoms with Crippen LogP contribution in [0.3, 0.4) is 0 Å². The Morgan fingerprint density at radius 3 is 2.38 bits per heavy atom. The van der Waals surface area contributed by atoms with Crippen LogP contribution in [0.25, 0.3) is 34.2 Å². The quantitative estimate of drug-likeness (QED) is 0.247. The van der Waals surface area contributed by atoms with Gasteiger partial charge in [0.25, 0.3) is 0 Å². The van der Waals surface area contributed by atoms with Crippen LogP contribution in [-0.4, -0.2) is 6.21 Å². The molecule has 0 aliphatic heterocycles. The molecule has 4 heterocycles. The standard InChI is InChI=1S/C24H12Cl2N2O4/c25-14-5-7-18(26)16(11-14)19-8-6-15(31-19)13-28-24-17(12-27)22(20-3-1-9-29-20)23(32-24)21-4-2-10-30-21/h1-11,13H. The summed E-state index contributed by atoms with van der Waals surface area (Å²) in [5, 5.41) is 10.9. The molecule has 0 atom stereocenters. The van der Waals surface area contributed by atoms with E-state index in [2.05, 4.69) is 11.1 Å². The molecular formula is C24H12Cl2N2O4. The molecule has 4 aromatic heterocycles. The second-order valence-corrected chi connectivity index (χ2v) is 7.48. The van der Waals surface area contributed by atoms with Gasteiger partial charge in [0.15, 0.2) is 11.5 Å². The van der Waals surface area contributed by atoms with Crippen molar-refractivity contribution < 1.29 is 17.7 Å². The van der Waals surface area contributed by atoms with Crippen molar-refractivity contribution >= 4 is 35.3 Å². The Kier molecular flexibility index (Phi) is 5.20. The maximum Gasteiger partial charge on any atom is 0.238 e. The fourth-order valence-electron chi connectivity index (χ4n) is 3.23. The number of benzene rings is 1. The first kappa shape index (κ1) is 20.0. The molecule has 6 nitrogen and oxygen atoms in total. The van der Waals surface area contributed by atoms with E-state index in [-0.39, 0.29) is 11.4 Å². The van der Waals surface area contributed by atoms with E-state index in [0.717, 1.165) is 0 Å². The summed E-state index contributed by atoms with van der Waals surface area (Å²) in [4.78, 5) is 4.35. The maximum absolute atomic E-state index is 9.81. The van der Waals surface area contributed by atoms with E-state index in [0.29, 0.717) is 50.0 Å². The number of hydrogen-bond donors (Lipinski definition) is 0. The van der Waals surface area contributed by atoms with Crippen molar-refractivity contribution in [2.45, 2.75) is 0 Å². The summed E-state index contributed by atoms with van der Waals surface area (Å²) in [5.41, 5.74) is 1.34. The summed E-state index contributed by atoms with van der Waals surface area (Å²) in [7, 11) is 0. The molecule has 0 unspecified atom stereocenters. The first-order chi connectivity index (χ1) is 15.6. The largest absolute Gasteiger partial charge is 0.464 e. The summed E-state index contributed by atoms with van der Waals surface area (Å²) in [6.45, 7) is 0. The summed E-state index contributed by atoms with van der Waals surface area (Å²) in [5.74, 6) is 2.34. The molecule has 5 aromatic rings. The molecule has 0 aliphatic rings. The third kappa shape index (κ3) is 3.65. The summed E-state index contributed by atoms with van der Waals surface area (Å²) < 4.78 is 22.7. The molecule has 156 valence electrons. The van der Waals surface area contributed by atoms with Gasteiger partial charge in [-0.1, -0.05) is 23.2 Å². The van der Waals surface area contributed by atoms with Crippen molar-refractivity contribution in [3.8, 4) is 40.2 Å². The van der Waals surface area contributed by atoms with Gasteiger partial charge in [-0.15, -0.1) is 0 Å². The topological polar surface area (TPSA) is 88.7 Å². The van der Waals surface area contributed by atoms with Crippen molar-refractivity contribution in [2.24, 2.45) is 4.99 Å². The number of hydrogen-bond acceptors (Lipinski definition) is 6. The number of aliphatic imine (C=N–C) groups is 1. The van der Waals surface area contributed by atoms with E-state index >= 15 is 0 Å². The average molecular weight is 463 g/mol. The van der Waals surface area contributed by atoms with E-state index in [9.17, 15) is 5.26 Å². The fraction of sp³-hybridized carbons (Fsp3) is 0. The molecule has 32 heavy (non-hydrogen) atoms. The average Bonchev–Trinajstić information content (AvgIpc) is 3.60. The Morgan fingerprint density at radius 1 is 0.875 bits per heavy atom. The van der Waals surface area contributed by atoms with Crippen LogP contribution in [0.15, 0.2) is 89.8 Å². The third-order valence-electron chi connectivity index (χ3n) is 4.64. The SMILES string of the molecule is N#Cc1c(N=Cc2ccc(-c3cc(Cl)ccc3Cl)o2)oc(-c2ccco2)c1-c1ccco1. The summed E-state index contributed by atoms with van der Waals surface area (Å²) in [6, 6.07) is 17.7. The molecule has 0 spiro atoms. The van der Waals surface area contributed by atoms with Gasteiger partial charge in [-0.05, 0) is 54.6 Å². The lowest BCUT2D eigenvalue weighted by Gasteiger charge is -2.00. The second-order valence-electron chi connectivity index (χ2n) is 6.64. The van der Waals surface area contributed by atoms with Crippen molar-refractivity contribution in [3.05, 3.63) is 88.5 Å². The van der Waals surface area contributed by atoms with Gasteiger partial charge in [-0.25, -0.2) is 4.99 Å². The molecule has 0 radical (unpaired) electrons. The summed E-state index contributed by atoms with van der Waals surface area (Å²) >= 11 is 12.3. The molecule has 0 saturated heterocycles. The third-order valence-corrected chi connectivity index (χ3v) is 5.21. The zero-order valence-electron chi connectivity index (χ0n) is 16.2. The maximum atomic E-state index is 9.81. The van der Waals surface area contributed by atoms with Crippen molar-refractivity contribution in [3.63, 3.8) is 0 Å². The number of halogens is 2. The highest BCUT2D eigenvalue weighted by atomic mass is 35.5. The molecule has 0 saturated carbocycles. The summed E-state index contributed by atoms with van der Waals surface area (Å²) in [6.07, 6.45) is 4.49. The molecule has 0 aliphatic carbocycles. The molecule has 0 bridgehead atoms. The lowest BCUT2D eigenvalue weighted by atomic mass is 10.1. The number of nitriles is 1. The van der Waals surface area contributed by atoms with Crippen LogP contribution in [0.2, 0.25) is 10.0 Å². The fourth-order valence-corrected chi connectivity index (χ4v) is 3.61. The smallest absolute Gasteiger partial charge is 0.238 e.